The summed E-state index contributed by atoms with van der Waals surface area (Å²) in [7, 11) is -0.686. The smallest absolute Gasteiger partial charge is 0.0677 e. The van der Waals surface area contributed by atoms with Gasteiger partial charge in [0.25, 0.3) is 0 Å². The van der Waals surface area contributed by atoms with Crippen LogP contribution in [-0.2, 0) is 15.5 Å². The summed E-state index contributed by atoms with van der Waals surface area (Å²) in [5, 5.41) is 11.3. The highest BCUT2D eigenvalue weighted by molar-refractivity contribution is 7.86. The van der Waals surface area contributed by atoms with Crippen LogP contribution in [0.2, 0.25) is 0 Å². The van der Waals surface area contributed by atoms with Gasteiger partial charge in [-0.15, -0.1) is 0 Å². The molecule has 0 saturated carbocycles. The van der Waals surface area contributed by atoms with Crippen molar-refractivity contribution < 1.29 is 14.1 Å². The minimum Gasteiger partial charge on any atom is -0.390 e. The molecule has 2 atom stereocenters. The van der Waals surface area contributed by atoms with E-state index in [1.165, 1.54) is 6.42 Å². The quantitative estimate of drug-likeness (QED) is 0.818. The van der Waals surface area contributed by atoms with E-state index in [2.05, 4.69) is 6.92 Å². The molecule has 3 rings (SSSR count). The van der Waals surface area contributed by atoms with E-state index in [1.807, 2.05) is 0 Å². The van der Waals surface area contributed by atoms with E-state index in [4.69, 9.17) is 4.74 Å². The van der Waals surface area contributed by atoms with E-state index in [0.717, 1.165) is 45.3 Å². The molecular formula is C13H22O3S. The molecule has 1 N–H and O–H groups in total. The summed E-state index contributed by atoms with van der Waals surface area (Å²) >= 11 is 0. The molecule has 3 aliphatic heterocycles. The Labute approximate surface area is 105 Å². The van der Waals surface area contributed by atoms with Gasteiger partial charge in [-0.3, -0.25) is 4.21 Å². The summed E-state index contributed by atoms with van der Waals surface area (Å²) in [6.45, 7) is 3.73. The Hall–Kier alpha value is 0.0700. The van der Waals surface area contributed by atoms with Crippen LogP contribution in [0.4, 0.5) is 0 Å². The fourth-order valence-corrected chi connectivity index (χ4v) is 6.16. The second-order valence-electron chi connectivity index (χ2n) is 6.62. The normalized spacial score (nSPS) is 48.5. The van der Waals surface area contributed by atoms with Gasteiger partial charge in [-0.2, -0.15) is 0 Å². The summed E-state index contributed by atoms with van der Waals surface area (Å²) in [4.78, 5) is 0. The van der Waals surface area contributed by atoms with Gasteiger partial charge in [0, 0.05) is 26.7 Å². The minimum absolute atomic E-state index is 0.155. The summed E-state index contributed by atoms with van der Waals surface area (Å²) in [5.74, 6) is 0. The molecule has 0 radical (unpaired) electrons. The summed E-state index contributed by atoms with van der Waals surface area (Å²) in [6.07, 6.45) is 5.58. The van der Waals surface area contributed by atoms with Gasteiger partial charge in [-0.05, 0) is 32.1 Å². The lowest BCUT2D eigenvalue weighted by Crippen LogP contribution is -2.54. The highest BCUT2D eigenvalue weighted by Gasteiger charge is 2.49. The van der Waals surface area contributed by atoms with Crippen molar-refractivity contribution in [2.45, 2.75) is 61.5 Å². The third-order valence-corrected chi connectivity index (χ3v) is 6.70. The van der Waals surface area contributed by atoms with E-state index in [0.29, 0.717) is 0 Å². The molecule has 3 heterocycles. The van der Waals surface area contributed by atoms with Gasteiger partial charge in [0.05, 0.1) is 18.8 Å². The molecule has 0 aromatic carbocycles. The number of rotatable bonds is 2. The number of hydrogen-bond acceptors (Lipinski definition) is 3. The summed E-state index contributed by atoms with van der Waals surface area (Å²) in [6, 6.07) is 0. The van der Waals surface area contributed by atoms with Crippen LogP contribution >= 0.6 is 0 Å². The van der Waals surface area contributed by atoms with Crippen molar-refractivity contribution in [3.8, 4) is 0 Å². The van der Waals surface area contributed by atoms with Crippen LogP contribution in [0.15, 0.2) is 0 Å². The van der Waals surface area contributed by atoms with Crippen molar-refractivity contribution in [2.75, 3.05) is 13.2 Å². The average Bonchev–Trinajstić information content (AvgIpc) is 2.18. The fourth-order valence-electron chi connectivity index (χ4n) is 3.87. The maximum Gasteiger partial charge on any atom is 0.0677 e. The van der Waals surface area contributed by atoms with Crippen LogP contribution in [0, 0.1) is 5.41 Å². The van der Waals surface area contributed by atoms with Crippen LogP contribution in [0.1, 0.15) is 45.4 Å². The first-order valence-electron chi connectivity index (χ1n) is 6.69. The second kappa shape index (κ2) is 4.04. The average molecular weight is 258 g/mol. The molecule has 4 heteroatoms. The highest BCUT2D eigenvalue weighted by atomic mass is 32.2. The predicted octanol–water partition coefficient (Wildman–Crippen LogP) is 1.61. The summed E-state index contributed by atoms with van der Waals surface area (Å²) < 4.78 is 17.4. The van der Waals surface area contributed by atoms with Gasteiger partial charge >= 0.3 is 0 Å². The number of ether oxygens (including phenoxy) is 1. The molecule has 3 aliphatic rings. The maximum absolute atomic E-state index is 12.1. The predicted molar refractivity (Wildman–Crippen MR) is 67.3 cm³/mol. The lowest BCUT2D eigenvalue weighted by atomic mass is 9.72. The van der Waals surface area contributed by atoms with Crippen molar-refractivity contribution in [1.29, 1.82) is 0 Å². The molecule has 0 spiro atoms. The molecule has 3 saturated heterocycles. The lowest BCUT2D eigenvalue weighted by Gasteiger charge is -2.49. The van der Waals surface area contributed by atoms with Crippen molar-refractivity contribution >= 4 is 10.8 Å². The van der Waals surface area contributed by atoms with Crippen LogP contribution in [0.3, 0.4) is 0 Å². The number of fused-ring (bicyclic) bond motifs is 2. The largest absolute Gasteiger partial charge is 0.390 e. The van der Waals surface area contributed by atoms with Gasteiger partial charge in [0.2, 0.25) is 0 Å². The zero-order valence-electron chi connectivity index (χ0n) is 10.5. The van der Waals surface area contributed by atoms with Crippen LogP contribution < -0.4 is 0 Å². The van der Waals surface area contributed by atoms with Gasteiger partial charge in [-0.25, -0.2) is 0 Å². The number of hydrogen-bond donors (Lipinski definition) is 1. The van der Waals surface area contributed by atoms with Gasteiger partial charge in [0.15, 0.2) is 0 Å². The molecular weight excluding hydrogens is 236 g/mol. The molecule has 98 valence electrons. The molecule has 3 fully saturated rings. The molecule has 2 unspecified atom stereocenters. The van der Waals surface area contributed by atoms with Crippen molar-refractivity contribution in [3.63, 3.8) is 0 Å². The van der Waals surface area contributed by atoms with Crippen LogP contribution in [-0.4, -0.2) is 38.6 Å². The topological polar surface area (TPSA) is 46.5 Å². The molecule has 0 amide bonds. The van der Waals surface area contributed by atoms with Crippen molar-refractivity contribution in [1.82, 2.24) is 0 Å². The van der Waals surface area contributed by atoms with Crippen molar-refractivity contribution in [3.05, 3.63) is 0 Å². The van der Waals surface area contributed by atoms with Crippen LogP contribution in [0.5, 0.6) is 0 Å². The Morgan fingerprint density at radius 1 is 1.29 bits per heavy atom. The summed E-state index contributed by atoms with van der Waals surface area (Å²) in [5.41, 5.74) is -0.427. The first kappa shape index (κ1) is 12.1. The van der Waals surface area contributed by atoms with E-state index >= 15 is 0 Å². The molecule has 2 bridgehead atoms. The highest BCUT2D eigenvalue weighted by Crippen LogP contribution is 2.46. The first-order chi connectivity index (χ1) is 8.00. The third-order valence-electron chi connectivity index (χ3n) is 4.58. The Morgan fingerprint density at radius 2 is 1.88 bits per heavy atom. The molecule has 0 aromatic rings. The second-order valence-corrected chi connectivity index (χ2v) is 8.61. The molecule has 0 aromatic heterocycles. The Morgan fingerprint density at radius 3 is 2.35 bits per heavy atom. The minimum atomic E-state index is -0.686. The number of aliphatic hydroxyl groups is 1. The Kier molecular flexibility index (Phi) is 2.88. The fraction of sp³-hybridized carbons (Fsp3) is 1.00. The maximum atomic E-state index is 12.1. The molecule has 0 aliphatic carbocycles. The van der Waals surface area contributed by atoms with E-state index in [1.54, 1.807) is 0 Å². The van der Waals surface area contributed by atoms with Gasteiger partial charge in [0.1, 0.15) is 0 Å². The zero-order chi connectivity index (χ0) is 12.1. The first-order valence-corrected chi connectivity index (χ1v) is 7.97. The SMILES string of the molecule is CC1(CC2(O)CC3CCCC(C2)S3=O)COC1. The monoisotopic (exact) mass is 258 g/mol. The van der Waals surface area contributed by atoms with E-state index < -0.39 is 16.4 Å². The van der Waals surface area contributed by atoms with E-state index in [-0.39, 0.29) is 15.9 Å². The zero-order valence-corrected chi connectivity index (χ0v) is 11.3. The molecule has 17 heavy (non-hydrogen) atoms. The molecule has 3 nitrogen and oxygen atoms in total. The standard InChI is InChI=1S/C13H22O3S/c1-12(8-16-9-12)7-13(14)5-10-3-2-4-11(6-13)17(10)15/h10-11,14H,2-9H2,1H3. The Balaban J connectivity index is 1.73. The lowest BCUT2D eigenvalue weighted by molar-refractivity contribution is -0.146. The van der Waals surface area contributed by atoms with Crippen LogP contribution in [0.25, 0.3) is 0 Å². The van der Waals surface area contributed by atoms with Gasteiger partial charge in [-0.1, -0.05) is 13.3 Å². The van der Waals surface area contributed by atoms with E-state index in [9.17, 15) is 9.32 Å². The van der Waals surface area contributed by atoms with Crippen molar-refractivity contribution in [2.24, 2.45) is 5.41 Å². The van der Waals surface area contributed by atoms with Gasteiger partial charge < -0.3 is 9.84 Å². The Bertz CT molecular complexity index is 322. The third kappa shape index (κ3) is 2.20.